The number of hydrogen-bond donors (Lipinski definition) is 2. The van der Waals surface area contributed by atoms with Crippen LogP contribution in [0.3, 0.4) is 0 Å². The van der Waals surface area contributed by atoms with Crippen LogP contribution in [0, 0.1) is 0 Å². The zero-order chi connectivity index (χ0) is 20.4. The summed E-state index contributed by atoms with van der Waals surface area (Å²) in [6, 6.07) is 15.6. The highest BCUT2D eigenvalue weighted by atomic mass is 16.1. The molecule has 2 aromatic carbocycles. The molecule has 1 amide bonds. The molecule has 6 nitrogen and oxygen atoms in total. The number of carbonyl (C=O) groups is 1. The second-order valence-corrected chi connectivity index (χ2v) is 7.22. The summed E-state index contributed by atoms with van der Waals surface area (Å²) in [4.78, 5) is 20.9. The number of nitrogen functional groups attached to an aromatic ring is 1. The van der Waals surface area contributed by atoms with Gasteiger partial charge in [-0.1, -0.05) is 43.3 Å². The van der Waals surface area contributed by atoms with Crippen LogP contribution in [-0.2, 0) is 19.4 Å². The average molecular weight is 387 g/mol. The fourth-order valence-electron chi connectivity index (χ4n) is 3.98. The summed E-state index contributed by atoms with van der Waals surface area (Å²) in [5.74, 6) is 1.12. The number of para-hydroxylation sites is 1. The molecule has 6 heteroatoms. The van der Waals surface area contributed by atoms with Crippen molar-refractivity contribution in [3.63, 3.8) is 0 Å². The van der Waals surface area contributed by atoms with Gasteiger partial charge in [-0.3, -0.25) is 4.79 Å². The van der Waals surface area contributed by atoms with Crippen LogP contribution >= 0.6 is 0 Å². The van der Waals surface area contributed by atoms with Gasteiger partial charge in [-0.15, -0.1) is 0 Å². The van der Waals surface area contributed by atoms with E-state index in [0.717, 1.165) is 65.6 Å². The van der Waals surface area contributed by atoms with E-state index in [2.05, 4.69) is 22.5 Å². The highest BCUT2D eigenvalue weighted by molar-refractivity contribution is 6.06. The Morgan fingerprint density at radius 1 is 1.03 bits per heavy atom. The van der Waals surface area contributed by atoms with Crippen LogP contribution in [0.5, 0.6) is 0 Å². The molecule has 4 aromatic rings. The molecular formula is C23H25N5O. The highest BCUT2D eigenvalue weighted by Gasteiger charge is 2.16. The number of carbonyl (C=O) groups excluding carboxylic acids is 1. The number of amides is 1. The number of unbranched alkanes of at least 4 members (excludes halogenated alkanes) is 1. The molecule has 0 saturated carbocycles. The lowest BCUT2D eigenvalue weighted by Crippen LogP contribution is -2.13. The lowest BCUT2D eigenvalue weighted by molar-refractivity contribution is 0.0999. The van der Waals surface area contributed by atoms with Gasteiger partial charge in [0.15, 0.2) is 5.82 Å². The molecule has 2 heterocycles. The van der Waals surface area contributed by atoms with Crippen LogP contribution < -0.4 is 11.5 Å². The first kappa shape index (κ1) is 18.9. The molecule has 29 heavy (non-hydrogen) atoms. The second kappa shape index (κ2) is 7.91. The molecule has 0 aliphatic rings. The number of anilines is 1. The third kappa shape index (κ3) is 3.53. The normalized spacial score (nSPS) is 11.3. The van der Waals surface area contributed by atoms with Gasteiger partial charge < -0.3 is 16.0 Å². The fourth-order valence-corrected chi connectivity index (χ4v) is 3.98. The lowest BCUT2D eigenvalue weighted by atomic mass is 10.0. The maximum atomic E-state index is 11.6. The quantitative estimate of drug-likeness (QED) is 0.470. The predicted molar refractivity (Wildman–Crippen MR) is 117 cm³/mol. The minimum atomic E-state index is -0.371. The van der Waals surface area contributed by atoms with Crippen molar-refractivity contribution in [2.45, 2.75) is 39.2 Å². The third-order valence-electron chi connectivity index (χ3n) is 5.37. The van der Waals surface area contributed by atoms with Gasteiger partial charge >= 0.3 is 0 Å². The SMILES string of the molecule is CCc1nc2c(N)nc3ccccc3c2n1CCCCc1ccccc1C(N)=O. The summed E-state index contributed by atoms with van der Waals surface area (Å²) < 4.78 is 2.27. The molecular weight excluding hydrogens is 362 g/mol. The van der Waals surface area contributed by atoms with Gasteiger partial charge in [0.1, 0.15) is 11.3 Å². The molecule has 4 rings (SSSR count). The maximum Gasteiger partial charge on any atom is 0.248 e. The smallest absolute Gasteiger partial charge is 0.248 e. The Bertz CT molecular complexity index is 1190. The Morgan fingerprint density at radius 2 is 1.79 bits per heavy atom. The van der Waals surface area contributed by atoms with Crippen LogP contribution in [0.1, 0.15) is 41.5 Å². The van der Waals surface area contributed by atoms with E-state index >= 15 is 0 Å². The summed E-state index contributed by atoms with van der Waals surface area (Å²) >= 11 is 0. The summed E-state index contributed by atoms with van der Waals surface area (Å²) in [7, 11) is 0. The molecule has 0 radical (unpaired) electrons. The Hall–Kier alpha value is -3.41. The van der Waals surface area contributed by atoms with Crippen LogP contribution in [0.4, 0.5) is 5.82 Å². The summed E-state index contributed by atoms with van der Waals surface area (Å²) in [5.41, 5.74) is 16.0. The number of benzene rings is 2. The van der Waals surface area contributed by atoms with E-state index in [-0.39, 0.29) is 5.91 Å². The van der Waals surface area contributed by atoms with Gasteiger partial charge in [-0.2, -0.15) is 0 Å². The van der Waals surface area contributed by atoms with E-state index in [4.69, 9.17) is 16.5 Å². The number of rotatable bonds is 7. The van der Waals surface area contributed by atoms with E-state index in [0.29, 0.717) is 11.4 Å². The number of nitrogens with zero attached hydrogens (tertiary/aromatic N) is 3. The van der Waals surface area contributed by atoms with Crippen molar-refractivity contribution < 1.29 is 4.79 Å². The monoisotopic (exact) mass is 387 g/mol. The summed E-state index contributed by atoms with van der Waals surface area (Å²) in [6.07, 6.45) is 3.55. The van der Waals surface area contributed by atoms with Crippen molar-refractivity contribution in [2.75, 3.05) is 5.73 Å². The first-order chi connectivity index (χ1) is 14.1. The number of primary amides is 1. The second-order valence-electron chi connectivity index (χ2n) is 7.22. The Labute approximate surface area is 169 Å². The van der Waals surface area contributed by atoms with Crippen molar-refractivity contribution in [3.8, 4) is 0 Å². The Morgan fingerprint density at radius 3 is 2.59 bits per heavy atom. The van der Waals surface area contributed by atoms with Gasteiger partial charge in [0.25, 0.3) is 0 Å². The van der Waals surface area contributed by atoms with Crippen molar-refractivity contribution in [1.82, 2.24) is 14.5 Å². The Kier molecular flexibility index (Phi) is 5.16. The minimum Gasteiger partial charge on any atom is -0.382 e. The molecule has 0 aliphatic heterocycles. The van der Waals surface area contributed by atoms with E-state index in [9.17, 15) is 4.79 Å². The van der Waals surface area contributed by atoms with Gasteiger partial charge in [-0.05, 0) is 37.0 Å². The van der Waals surface area contributed by atoms with Crippen molar-refractivity contribution >= 4 is 33.7 Å². The molecule has 148 valence electrons. The molecule has 0 fully saturated rings. The van der Waals surface area contributed by atoms with E-state index in [1.807, 2.05) is 36.4 Å². The summed E-state index contributed by atoms with van der Waals surface area (Å²) in [6.45, 7) is 2.94. The van der Waals surface area contributed by atoms with E-state index in [1.54, 1.807) is 6.07 Å². The highest BCUT2D eigenvalue weighted by Crippen LogP contribution is 2.29. The zero-order valence-corrected chi connectivity index (χ0v) is 16.6. The molecule has 2 aromatic heterocycles. The van der Waals surface area contributed by atoms with Gasteiger partial charge in [-0.25, -0.2) is 9.97 Å². The number of aromatic nitrogens is 3. The van der Waals surface area contributed by atoms with Gasteiger partial charge in [0, 0.05) is 23.9 Å². The average Bonchev–Trinajstić information content (AvgIpc) is 3.11. The van der Waals surface area contributed by atoms with Crippen molar-refractivity contribution in [1.29, 1.82) is 0 Å². The topological polar surface area (TPSA) is 99.8 Å². The minimum absolute atomic E-state index is 0.371. The zero-order valence-electron chi connectivity index (χ0n) is 16.6. The molecule has 4 N–H and O–H groups in total. The third-order valence-corrected chi connectivity index (χ3v) is 5.37. The maximum absolute atomic E-state index is 11.6. The lowest BCUT2D eigenvalue weighted by Gasteiger charge is -2.11. The molecule has 0 saturated heterocycles. The largest absolute Gasteiger partial charge is 0.382 e. The molecule has 0 spiro atoms. The number of aryl methyl sites for hydroxylation is 3. The first-order valence-corrected chi connectivity index (χ1v) is 10.0. The first-order valence-electron chi connectivity index (χ1n) is 10.0. The van der Waals surface area contributed by atoms with Crippen molar-refractivity contribution in [2.24, 2.45) is 5.73 Å². The predicted octanol–water partition coefficient (Wildman–Crippen LogP) is 3.85. The number of pyridine rings is 1. The number of fused-ring (bicyclic) bond motifs is 3. The number of nitrogens with two attached hydrogens (primary N) is 2. The Balaban J connectivity index is 1.61. The van der Waals surface area contributed by atoms with Crippen LogP contribution in [0.15, 0.2) is 48.5 Å². The van der Waals surface area contributed by atoms with Gasteiger partial charge in [0.05, 0.1) is 11.0 Å². The molecule has 0 aliphatic carbocycles. The van der Waals surface area contributed by atoms with Crippen LogP contribution in [-0.4, -0.2) is 20.4 Å². The van der Waals surface area contributed by atoms with E-state index in [1.165, 1.54) is 0 Å². The van der Waals surface area contributed by atoms with Crippen LogP contribution in [0.25, 0.3) is 21.9 Å². The molecule has 0 atom stereocenters. The summed E-state index contributed by atoms with van der Waals surface area (Å²) in [5, 5.41) is 1.07. The number of imidazole rings is 1. The molecule has 0 unspecified atom stereocenters. The van der Waals surface area contributed by atoms with Crippen molar-refractivity contribution in [3.05, 3.63) is 65.5 Å². The standard InChI is InChI=1S/C23H25N5O/c1-2-19-27-20-21(17-12-5-6-13-18(17)26-22(20)24)28(19)14-8-7-10-15-9-3-4-11-16(15)23(25)29/h3-6,9,11-13H,2,7-8,10,14H2,1H3,(H2,24,26)(H2,25,29). The van der Waals surface area contributed by atoms with E-state index < -0.39 is 0 Å². The molecule has 0 bridgehead atoms. The van der Waals surface area contributed by atoms with Crippen LogP contribution in [0.2, 0.25) is 0 Å². The van der Waals surface area contributed by atoms with Gasteiger partial charge in [0.2, 0.25) is 5.91 Å². The number of hydrogen-bond acceptors (Lipinski definition) is 4. The fraction of sp³-hybridized carbons (Fsp3) is 0.261.